The maximum Gasteiger partial charge on any atom is 0.253 e. The number of amides is 1. The number of rotatable bonds is 15. The van der Waals surface area contributed by atoms with Crippen molar-refractivity contribution in [3.05, 3.63) is 29.6 Å². The molecule has 1 aromatic rings. The van der Waals surface area contributed by atoms with Crippen LogP contribution in [0.3, 0.4) is 0 Å². The van der Waals surface area contributed by atoms with Gasteiger partial charge in [0.2, 0.25) is 0 Å². The van der Waals surface area contributed by atoms with Gasteiger partial charge in [0, 0.05) is 37.6 Å². The topological polar surface area (TPSA) is 46.5 Å². The number of thioether (sulfide) groups is 1. The van der Waals surface area contributed by atoms with Crippen molar-refractivity contribution >= 4 is 22.7 Å². The Balaban J connectivity index is 0.000000739. The Labute approximate surface area is 238 Å². The number of hydrogen-bond donors (Lipinski definition) is 1. The Morgan fingerprint density at radius 2 is 1.84 bits per heavy atom. The van der Waals surface area contributed by atoms with Crippen LogP contribution in [0.1, 0.15) is 124 Å². The van der Waals surface area contributed by atoms with E-state index in [1.54, 1.807) is 0 Å². The molecule has 6 heteroatoms. The minimum absolute atomic E-state index is 0.0616. The van der Waals surface area contributed by atoms with Crippen molar-refractivity contribution in [3.8, 4) is 0 Å². The van der Waals surface area contributed by atoms with Crippen LogP contribution in [-0.2, 0) is 9.53 Å². The number of nitrogens with zero attached hydrogens (tertiary/aromatic N) is 2. The molecular formula is C32H57N3O2S. The second kappa shape index (κ2) is 18.2. The first kappa shape index (κ1) is 33.0. The van der Waals surface area contributed by atoms with Gasteiger partial charge >= 0.3 is 0 Å². The van der Waals surface area contributed by atoms with Gasteiger partial charge in [0.15, 0.2) is 0 Å². The van der Waals surface area contributed by atoms with Crippen molar-refractivity contribution in [3.63, 3.8) is 0 Å². The van der Waals surface area contributed by atoms with Crippen molar-refractivity contribution in [2.45, 2.75) is 131 Å². The number of fused-ring (bicyclic) bond motifs is 1. The van der Waals surface area contributed by atoms with Crippen LogP contribution in [0, 0.1) is 5.92 Å². The summed E-state index contributed by atoms with van der Waals surface area (Å²) in [6, 6.07) is 4.97. The van der Waals surface area contributed by atoms with E-state index in [2.05, 4.69) is 81.6 Å². The Morgan fingerprint density at radius 1 is 1.11 bits per heavy atom. The van der Waals surface area contributed by atoms with Gasteiger partial charge in [0.05, 0.1) is 22.7 Å². The fraction of sp³-hybridized carbons (Fsp3) is 0.781. The van der Waals surface area contributed by atoms with Crippen LogP contribution in [0.4, 0.5) is 0 Å². The van der Waals surface area contributed by atoms with E-state index in [-0.39, 0.29) is 17.9 Å². The monoisotopic (exact) mass is 547 g/mol. The molecule has 0 spiro atoms. The predicted molar refractivity (Wildman–Crippen MR) is 165 cm³/mol. The zero-order valence-corrected chi connectivity index (χ0v) is 26.4. The first-order valence-corrected chi connectivity index (χ1v) is 16.6. The number of carbonyl (C=O) groups excluding carboxylic acids is 1. The fourth-order valence-corrected chi connectivity index (χ4v) is 6.75. The summed E-state index contributed by atoms with van der Waals surface area (Å²) in [5, 5.41) is 5.00. The number of ether oxygens (including phenoxy) is 1. The predicted octanol–water partition coefficient (Wildman–Crippen LogP) is 8.27. The van der Waals surface area contributed by atoms with E-state index >= 15 is 0 Å². The van der Waals surface area contributed by atoms with Gasteiger partial charge in [0.1, 0.15) is 0 Å². The largest absolute Gasteiger partial charge is 0.379 e. The minimum Gasteiger partial charge on any atom is -0.379 e. The molecule has 1 saturated heterocycles. The summed E-state index contributed by atoms with van der Waals surface area (Å²) in [6.45, 7) is 18.0. The van der Waals surface area contributed by atoms with E-state index in [1.165, 1.54) is 68.5 Å². The number of nitrogens with one attached hydrogen (secondary N) is 1. The van der Waals surface area contributed by atoms with E-state index in [0.717, 1.165) is 37.4 Å². The summed E-state index contributed by atoms with van der Waals surface area (Å²) < 4.78 is 7.49. The molecule has 0 aliphatic carbocycles. The van der Waals surface area contributed by atoms with Crippen molar-refractivity contribution in [1.82, 2.24) is 14.8 Å². The maximum atomic E-state index is 14.0. The van der Waals surface area contributed by atoms with Crippen LogP contribution < -0.4 is 5.32 Å². The average molecular weight is 548 g/mol. The van der Waals surface area contributed by atoms with Gasteiger partial charge in [-0.2, -0.15) is 0 Å². The van der Waals surface area contributed by atoms with Crippen LogP contribution in [-0.4, -0.2) is 53.0 Å². The molecule has 0 aromatic carbocycles. The molecule has 0 radical (unpaired) electrons. The van der Waals surface area contributed by atoms with Gasteiger partial charge in [-0.25, -0.2) is 0 Å². The van der Waals surface area contributed by atoms with Crippen molar-refractivity contribution in [1.29, 1.82) is 0 Å². The average Bonchev–Trinajstić information content (AvgIpc) is 3.58. The van der Waals surface area contributed by atoms with Crippen LogP contribution in [0.2, 0.25) is 0 Å². The quantitative estimate of drug-likeness (QED) is 0.224. The molecule has 0 saturated carbocycles. The van der Waals surface area contributed by atoms with Crippen LogP contribution in [0.25, 0.3) is 5.03 Å². The Hall–Kier alpha value is -1.24. The van der Waals surface area contributed by atoms with Crippen molar-refractivity contribution in [2.24, 2.45) is 5.92 Å². The standard InChI is InChI=1S/C27H47N3OS.C5H10O/c1-7-12-13-19-32-27-25(21(6)10-4)26(31)29(11-5)24(23-17-14-18-30(23)27)20-28-22(15-8-2)16-9-3;1-5-3-2-4-6-5/h14,17-18,21-22,24,28H,7-13,15-16,19-20H2,1-6H3;5H,2-4H2,1H3. The SMILES string of the molecule is CC1CCCO1.CCCCCSC1=C(C(C)CC)C(=O)N(CC)C(CNC(CCC)CCC)c2cccn21. The number of likely N-dealkylation sites (N-methyl/N-ethyl adjacent to an activating group) is 1. The summed E-state index contributed by atoms with van der Waals surface area (Å²) in [5.74, 6) is 1.55. The van der Waals surface area contributed by atoms with E-state index in [0.29, 0.717) is 12.1 Å². The lowest BCUT2D eigenvalue weighted by Crippen LogP contribution is -2.43. The molecule has 1 fully saturated rings. The highest BCUT2D eigenvalue weighted by atomic mass is 32.2. The molecule has 1 N–H and O–H groups in total. The van der Waals surface area contributed by atoms with Crippen molar-refractivity contribution < 1.29 is 9.53 Å². The highest BCUT2D eigenvalue weighted by Gasteiger charge is 2.36. The molecule has 5 nitrogen and oxygen atoms in total. The Morgan fingerprint density at radius 3 is 2.37 bits per heavy atom. The normalized spacial score (nSPS) is 20.4. The zero-order chi connectivity index (χ0) is 27.9. The third-order valence-electron chi connectivity index (χ3n) is 7.90. The van der Waals surface area contributed by atoms with E-state index in [4.69, 9.17) is 4.74 Å². The van der Waals surface area contributed by atoms with Crippen LogP contribution in [0.5, 0.6) is 0 Å². The number of hydrogen-bond acceptors (Lipinski definition) is 4. The molecule has 3 atom stereocenters. The second-order valence-electron chi connectivity index (χ2n) is 11.0. The van der Waals surface area contributed by atoms with E-state index < -0.39 is 0 Å². The molecule has 38 heavy (non-hydrogen) atoms. The number of carbonyl (C=O) groups is 1. The van der Waals surface area contributed by atoms with Crippen LogP contribution in [0.15, 0.2) is 23.9 Å². The molecule has 1 amide bonds. The molecule has 3 heterocycles. The first-order valence-electron chi connectivity index (χ1n) is 15.6. The molecule has 218 valence electrons. The molecule has 3 rings (SSSR count). The van der Waals surface area contributed by atoms with Gasteiger partial charge in [0.25, 0.3) is 5.91 Å². The molecule has 3 unspecified atom stereocenters. The number of unbranched alkanes of at least 4 members (excludes halogenated alkanes) is 2. The minimum atomic E-state index is 0.0616. The van der Waals surface area contributed by atoms with Gasteiger partial charge < -0.3 is 19.5 Å². The third-order valence-corrected chi connectivity index (χ3v) is 9.09. The second-order valence-corrected chi connectivity index (χ2v) is 12.1. The maximum absolute atomic E-state index is 14.0. The highest BCUT2D eigenvalue weighted by Crippen LogP contribution is 2.39. The smallest absolute Gasteiger partial charge is 0.253 e. The zero-order valence-electron chi connectivity index (χ0n) is 25.6. The van der Waals surface area contributed by atoms with E-state index in [1.807, 2.05) is 11.8 Å². The summed E-state index contributed by atoms with van der Waals surface area (Å²) in [5.41, 5.74) is 2.25. The van der Waals surface area contributed by atoms with Gasteiger partial charge in [-0.15, -0.1) is 11.8 Å². The molecule has 2 aliphatic heterocycles. The van der Waals surface area contributed by atoms with Gasteiger partial charge in [-0.3, -0.25) is 4.79 Å². The van der Waals surface area contributed by atoms with E-state index in [9.17, 15) is 4.79 Å². The molecule has 0 bridgehead atoms. The molecule has 1 aromatic heterocycles. The number of aromatic nitrogens is 1. The molecular weight excluding hydrogens is 490 g/mol. The lowest BCUT2D eigenvalue weighted by molar-refractivity contribution is -0.129. The van der Waals surface area contributed by atoms with Crippen molar-refractivity contribution in [2.75, 3.05) is 25.4 Å². The summed E-state index contributed by atoms with van der Waals surface area (Å²) in [6.07, 6.45) is 14.6. The fourth-order valence-electron chi connectivity index (χ4n) is 5.46. The van der Waals surface area contributed by atoms with Gasteiger partial charge in [-0.05, 0) is 76.2 Å². The lowest BCUT2D eigenvalue weighted by atomic mass is 9.97. The van der Waals surface area contributed by atoms with Crippen LogP contribution >= 0.6 is 11.8 Å². The summed E-state index contributed by atoms with van der Waals surface area (Å²) >= 11 is 1.88. The lowest BCUT2D eigenvalue weighted by Gasteiger charge is -2.32. The first-order chi connectivity index (χ1) is 18.4. The Kier molecular flexibility index (Phi) is 15.8. The third kappa shape index (κ3) is 9.45. The molecule has 2 aliphatic rings. The van der Waals surface area contributed by atoms with Gasteiger partial charge in [-0.1, -0.05) is 60.3 Å². The summed E-state index contributed by atoms with van der Waals surface area (Å²) in [4.78, 5) is 16.1. The highest BCUT2D eigenvalue weighted by molar-refractivity contribution is 8.07. The summed E-state index contributed by atoms with van der Waals surface area (Å²) in [7, 11) is 0. The Bertz CT molecular complexity index is 824.